The third-order valence-electron chi connectivity index (χ3n) is 3.39. The minimum atomic E-state index is 0.230. The molecule has 1 unspecified atom stereocenters. The van der Waals surface area contributed by atoms with Crippen molar-refractivity contribution >= 4 is 17.2 Å². The Morgan fingerprint density at radius 2 is 2.37 bits per heavy atom. The number of amides is 1. The largest absolute Gasteiger partial charge is 0.342 e. The Morgan fingerprint density at radius 3 is 3.05 bits per heavy atom. The molecular weight excluding hydrogens is 258 g/mol. The summed E-state index contributed by atoms with van der Waals surface area (Å²) in [5.74, 6) is 0.866. The van der Waals surface area contributed by atoms with Crippen LogP contribution < -0.4 is 0 Å². The zero-order valence-electron chi connectivity index (χ0n) is 12.1. The molecule has 1 saturated heterocycles. The lowest BCUT2D eigenvalue weighted by atomic mass is 10.00. The van der Waals surface area contributed by atoms with Crippen LogP contribution in [0.5, 0.6) is 0 Å². The summed E-state index contributed by atoms with van der Waals surface area (Å²) in [4.78, 5) is 20.9. The molecule has 106 valence electrons. The molecule has 2 rings (SSSR count). The Kier molecular flexibility index (Phi) is 4.93. The van der Waals surface area contributed by atoms with E-state index in [0.717, 1.165) is 36.8 Å². The van der Waals surface area contributed by atoms with Crippen molar-refractivity contribution in [2.45, 2.75) is 32.7 Å². The Hall–Kier alpha value is -0.940. The summed E-state index contributed by atoms with van der Waals surface area (Å²) in [7, 11) is 4.06. The van der Waals surface area contributed by atoms with Gasteiger partial charge in [0.05, 0.1) is 12.1 Å². The number of hydrogen-bond acceptors (Lipinski definition) is 4. The molecule has 0 spiro atoms. The van der Waals surface area contributed by atoms with E-state index in [2.05, 4.69) is 16.8 Å². The van der Waals surface area contributed by atoms with E-state index in [-0.39, 0.29) is 5.91 Å². The number of piperidine rings is 1. The van der Waals surface area contributed by atoms with Gasteiger partial charge < -0.3 is 9.80 Å². The minimum absolute atomic E-state index is 0.230. The van der Waals surface area contributed by atoms with Crippen molar-refractivity contribution in [1.82, 2.24) is 14.8 Å². The fourth-order valence-electron chi connectivity index (χ4n) is 2.46. The molecule has 1 aliphatic rings. The molecule has 1 amide bonds. The summed E-state index contributed by atoms with van der Waals surface area (Å²) in [6.45, 7) is 4.89. The highest BCUT2D eigenvalue weighted by molar-refractivity contribution is 7.09. The van der Waals surface area contributed by atoms with Gasteiger partial charge in [-0.1, -0.05) is 6.92 Å². The van der Waals surface area contributed by atoms with Gasteiger partial charge in [0, 0.05) is 25.0 Å². The number of aromatic nitrogens is 1. The van der Waals surface area contributed by atoms with Gasteiger partial charge in [0.1, 0.15) is 5.01 Å². The predicted molar refractivity (Wildman–Crippen MR) is 78.2 cm³/mol. The summed E-state index contributed by atoms with van der Waals surface area (Å²) in [5.41, 5.74) is 0.921. The molecule has 0 radical (unpaired) electrons. The number of carbonyl (C=O) groups is 1. The van der Waals surface area contributed by atoms with Crippen LogP contribution >= 0.6 is 11.3 Å². The van der Waals surface area contributed by atoms with Crippen LogP contribution in [0.15, 0.2) is 5.38 Å². The maximum atomic E-state index is 12.2. The van der Waals surface area contributed by atoms with Crippen LogP contribution in [0.1, 0.15) is 30.5 Å². The first-order valence-electron chi connectivity index (χ1n) is 6.90. The summed E-state index contributed by atoms with van der Waals surface area (Å²) >= 11 is 1.64. The first-order valence-corrected chi connectivity index (χ1v) is 7.78. The fourth-order valence-corrected chi connectivity index (χ4v) is 3.37. The van der Waals surface area contributed by atoms with Crippen molar-refractivity contribution in [2.75, 3.05) is 27.2 Å². The molecule has 1 fully saturated rings. The number of carbonyl (C=O) groups excluding carboxylic acids is 1. The molecule has 2 heterocycles. The second-order valence-electron chi connectivity index (χ2n) is 5.73. The van der Waals surface area contributed by atoms with Gasteiger partial charge in [-0.25, -0.2) is 4.98 Å². The first kappa shape index (κ1) is 14.5. The maximum Gasteiger partial charge on any atom is 0.228 e. The quantitative estimate of drug-likeness (QED) is 0.847. The summed E-state index contributed by atoms with van der Waals surface area (Å²) in [6.07, 6.45) is 2.83. The lowest BCUT2D eigenvalue weighted by Gasteiger charge is -2.30. The lowest BCUT2D eigenvalue weighted by molar-refractivity contribution is -0.132. The monoisotopic (exact) mass is 281 g/mol. The predicted octanol–water partition coefficient (Wildman–Crippen LogP) is 2.01. The molecule has 0 aliphatic carbocycles. The van der Waals surface area contributed by atoms with Crippen LogP contribution in [0.2, 0.25) is 0 Å². The molecule has 0 saturated carbocycles. The van der Waals surface area contributed by atoms with Crippen molar-refractivity contribution in [2.24, 2.45) is 5.92 Å². The molecule has 1 aromatic rings. The van der Waals surface area contributed by atoms with E-state index >= 15 is 0 Å². The number of hydrogen-bond donors (Lipinski definition) is 0. The highest BCUT2D eigenvalue weighted by atomic mass is 32.1. The highest BCUT2D eigenvalue weighted by Gasteiger charge is 2.21. The minimum Gasteiger partial charge on any atom is -0.342 e. The van der Waals surface area contributed by atoms with Crippen LogP contribution in [-0.4, -0.2) is 47.9 Å². The van der Waals surface area contributed by atoms with Crippen molar-refractivity contribution < 1.29 is 4.79 Å². The molecule has 19 heavy (non-hydrogen) atoms. The zero-order valence-corrected chi connectivity index (χ0v) is 12.9. The van der Waals surface area contributed by atoms with E-state index < -0.39 is 0 Å². The van der Waals surface area contributed by atoms with Gasteiger partial charge in [-0.05, 0) is 32.9 Å². The third kappa shape index (κ3) is 4.28. The standard InChI is InChI=1S/C14H23N3OS/c1-11-5-4-6-17(8-11)14(18)7-12-10-19-13(15-12)9-16(2)3/h10-11H,4-9H2,1-3H3. The number of nitrogens with zero attached hydrogens (tertiary/aromatic N) is 3. The van der Waals surface area contributed by atoms with E-state index in [0.29, 0.717) is 12.3 Å². The van der Waals surface area contributed by atoms with Crippen LogP contribution in [-0.2, 0) is 17.8 Å². The average molecular weight is 281 g/mol. The van der Waals surface area contributed by atoms with Crippen LogP contribution in [0, 0.1) is 5.92 Å². The van der Waals surface area contributed by atoms with Gasteiger partial charge in [0.25, 0.3) is 0 Å². The van der Waals surface area contributed by atoms with Crippen molar-refractivity contribution in [3.63, 3.8) is 0 Å². The van der Waals surface area contributed by atoms with Gasteiger partial charge in [0.15, 0.2) is 0 Å². The third-order valence-corrected chi connectivity index (χ3v) is 4.28. The van der Waals surface area contributed by atoms with Gasteiger partial charge in [-0.15, -0.1) is 11.3 Å². The molecule has 1 aliphatic heterocycles. The first-order chi connectivity index (χ1) is 9.04. The number of rotatable bonds is 4. The van der Waals surface area contributed by atoms with Gasteiger partial charge >= 0.3 is 0 Å². The average Bonchev–Trinajstić information content (AvgIpc) is 2.75. The van der Waals surface area contributed by atoms with Crippen molar-refractivity contribution in [1.29, 1.82) is 0 Å². The van der Waals surface area contributed by atoms with E-state index in [4.69, 9.17) is 0 Å². The van der Waals surface area contributed by atoms with Crippen LogP contribution in [0.25, 0.3) is 0 Å². The Labute approximate surface area is 119 Å². The molecule has 4 nitrogen and oxygen atoms in total. The van der Waals surface area contributed by atoms with E-state index in [1.807, 2.05) is 24.4 Å². The van der Waals surface area contributed by atoms with Gasteiger partial charge in [-0.3, -0.25) is 4.79 Å². The van der Waals surface area contributed by atoms with Crippen LogP contribution in [0.3, 0.4) is 0 Å². The van der Waals surface area contributed by atoms with Crippen molar-refractivity contribution in [3.05, 3.63) is 16.1 Å². The summed E-state index contributed by atoms with van der Waals surface area (Å²) in [5, 5.41) is 3.10. The second kappa shape index (κ2) is 6.48. The SMILES string of the molecule is CC1CCCN(C(=O)Cc2csc(CN(C)C)n2)C1. The zero-order chi connectivity index (χ0) is 13.8. The Balaban J connectivity index is 1.89. The van der Waals surface area contributed by atoms with E-state index in [1.165, 1.54) is 6.42 Å². The Bertz CT molecular complexity index is 430. The van der Waals surface area contributed by atoms with Gasteiger partial charge in [-0.2, -0.15) is 0 Å². The Morgan fingerprint density at radius 1 is 1.58 bits per heavy atom. The second-order valence-corrected chi connectivity index (χ2v) is 6.68. The number of likely N-dealkylation sites (tertiary alicyclic amines) is 1. The molecule has 5 heteroatoms. The highest BCUT2D eigenvalue weighted by Crippen LogP contribution is 2.17. The fraction of sp³-hybridized carbons (Fsp3) is 0.714. The van der Waals surface area contributed by atoms with Gasteiger partial charge in [0.2, 0.25) is 5.91 Å². The summed E-state index contributed by atoms with van der Waals surface area (Å²) < 4.78 is 0. The maximum absolute atomic E-state index is 12.2. The van der Waals surface area contributed by atoms with E-state index in [1.54, 1.807) is 11.3 Å². The van der Waals surface area contributed by atoms with Crippen molar-refractivity contribution in [3.8, 4) is 0 Å². The van der Waals surface area contributed by atoms with E-state index in [9.17, 15) is 4.79 Å². The molecule has 0 aromatic carbocycles. The smallest absolute Gasteiger partial charge is 0.228 e. The molecule has 1 aromatic heterocycles. The number of thiazole rings is 1. The topological polar surface area (TPSA) is 36.4 Å². The molecule has 0 N–H and O–H groups in total. The molecule has 1 atom stereocenters. The van der Waals surface area contributed by atoms with Crippen LogP contribution in [0.4, 0.5) is 0 Å². The normalized spacial score (nSPS) is 20.0. The lowest BCUT2D eigenvalue weighted by Crippen LogP contribution is -2.39. The molecule has 0 bridgehead atoms. The molecular formula is C14H23N3OS. The summed E-state index contributed by atoms with van der Waals surface area (Å²) in [6, 6.07) is 0.